The van der Waals surface area contributed by atoms with Crippen molar-refractivity contribution in [2.24, 2.45) is 0 Å². The molecule has 1 aliphatic rings. The molecular formula is C18H13ClF6O3. The largest absolute Gasteiger partial charge is 0.489 e. The van der Waals surface area contributed by atoms with Crippen molar-refractivity contribution in [2.75, 3.05) is 13.2 Å². The molecule has 2 aromatic carbocycles. The molecule has 0 bridgehead atoms. The van der Waals surface area contributed by atoms with Crippen LogP contribution < -0.4 is 4.74 Å². The molecule has 0 spiro atoms. The average Bonchev–Trinajstić information content (AvgIpc) is 3.12. The molecule has 1 saturated heterocycles. The Morgan fingerprint density at radius 1 is 0.857 bits per heavy atom. The highest BCUT2D eigenvalue weighted by atomic mass is 35.5. The van der Waals surface area contributed by atoms with E-state index in [1.54, 1.807) is 6.07 Å². The monoisotopic (exact) mass is 426 g/mol. The number of benzene rings is 2. The quantitative estimate of drug-likeness (QED) is 0.561. The maximum atomic E-state index is 12.9. The summed E-state index contributed by atoms with van der Waals surface area (Å²) >= 11 is 5.99. The fraction of sp³-hybridized carbons (Fsp3) is 0.333. The zero-order chi connectivity index (χ0) is 20.5. The highest BCUT2D eigenvalue weighted by molar-refractivity contribution is 6.30. The molecule has 1 fully saturated rings. The van der Waals surface area contributed by atoms with Crippen LogP contribution in [0.15, 0.2) is 36.4 Å². The molecule has 0 aromatic heterocycles. The van der Waals surface area contributed by atoms with Crippen molar-refractivity contribution in [3.8, 4) is 5.75 Å². The highest BCUT2D eigenvalue weighted by Crippen LogP contribution is 2.37. The van der Waals surface area contributed by atoms with Gasteiger partial charge in [-0.2, -0.15) is 26.3 Å². The zero-order valence-corrected chi connectivity index (χ0v) is 14.8. The number of rotatable bonds is 4. The maximum absolute atomic E-state index is 12.9. The third-order valence-corrected chi connectivity index (χ3v) is 4.06. The van der Waals surface area contributed by atoms with E-state index in [1.165, 1.54) is 12.1 Å². The minimum atomic E-state index is -4.92. The lowest BCUT2D eigenvalue weighted by Gasteiger charge is -2.16. The molecule has 0 atom stereocenters. The Labute approximate surface area is 160 Å². The van der Waals surface area contributed by atoms with Gasteiger partial charge in [0, 0.05) is 10.6 Å². The SMILES string of the molecule is FC(F)(F)c1cc(COc2cc(Cl)cc(C3OCCO3)c2)cc(C(F)(F)F)c1. The molecule has 0 aliphatic carbocycles. The van der Waals surface area contributed by atoms with Crippen LogP contribution in [0.1, 0.15) is 28.5 Å². The number of halogens is 7. The summed E-state index contributed by atoms with van der Waals surface area (Å²) in [6.45, 7) is 0.259. The molecule has 0 saturated carbocycles. The fourth-order valence-corrected chi connectivity index (χ4v) is 2.86. The van der Waals surface area contributed by atoms with Gasteiger partial charge in [-0.1, -0.05) is 11.6 Å². The second-order valence-corrected chi connectivity index (χ2v) is 6.43. The van der Waals surface area contributed by atoms with Gasteiger partial charge < -0.3 is 14.2 Å². The van der Waals surface area contributed by atoms with Gasteiger partial charge in [-0.05, 0) is 42.0 Å². The predicted octanol–water partition coefficient (Wildman–Crippen LogP) is 6.00. The predicted molar refractivity (Wildman–Crippen MR) is 86.9 cm³/mol. The lowest BCUT2D eigenvalue weighted by molar-refractivity contribution is -0.143. The number of alkyl halides is 6. The average molecular weight is 427 g/mol. The molecule has 28 heavy (non-hydrogen) atoms. The molecule has 10 heteroatoms. The minimum Gasteiger partial charge on any atom is -0.489 e. The zero-order valence-electron chi connectivity index (χ0n) is 14.0. The normalized spacial score (nSPS) is 15.8. The minimum absolute atomic E-state index is 0.0652. The topological polar surface area (TPSA) is 27.7 Å². The van der Waals surface area contributed by atoms with Crippen LogP contribution in [-0.2, 0) is 28.4 Å². The summed E-state index contributed by atoms with van der Waals surface area (Å²) in [5.41, 5.74) is -2.56. The summed E-state index contributed by atoms with van der Waals surface area (Å²) in [4.78, 5) is 0. The first-order valence-corrected chi connectivity index (χ1v) is 8.35. The van der Waals surface area contributed by atoms with Crippen LogP contribution in [-0.4, -0.2) is 13.2 Å². The van der Waals surface area contributed by atoms with Crippen LogP contribution in [0.2, 0.25) is 5.02 Å². The summed E-state index contributed by atoms with van der Waals surface area (Å²) in [7, 11) is 0. The van der Waals surface area contributed by atoms with E-state index in [1.807, 2.05) is 0 Å². The lowest BCUT2D eigenvalue weighted by Crippen LogP contribution is -2.12. The third-order valence-electron chi connectivity index (χ3n) is 3.84. The number of hydrogen-bond donors (Lipinski definition) is 0. The van der Waals surface area contributed by atoms with E-state index in [-0.39, 0.29) is 22.4 Å². The van der Waals surface area contributed by atoms with Gasteiger partial charge in [0.1, 0.15) is 12.4 Å². The Morgan fingerprint density at radius 3 is 1.96 bits per heavy atom. The Balaban J connectivity index is 1.84. The Bertz CT molecular complexity index is 812. The lowest BCUT2D eigenvalue weighted by atomic mass is 10.1. The van der Waals surface area contributed by atoms with E-state index in [0.29, 0.717) is 30.9 Å². The molecule has 3 nitrogen and oxygen atoms in total. The second kappa shape index (κ2) is 7.81. The van der Waals surface area contributed by atoms with Crippen molar-refractivity contribution in [2.45, 2.75) is 25.2 Å². The molecule has 1 aliphatic heterocycles. The first-order valence-electron chi connectivity index (χ1n) is 7.97. The summed E-state index contributed by atoms with van der Waals surface area (Å²) in [5.74, 6) is 0.160. The Kier molecular flexibility index (Phi) is 5.79. The fourth-order valence-electron chi connectivity index (χ4n) is 2.62. The molecule has 2 aromatic rings. The van der Waals surface area contributed by atoms with Crippen LogP contribution in [0, 0.1) is 0 Å². The van der Waals surface area contributed by atoms with Gasteiger partial charge >= 0.3 is 12.4 Å². The Hall–Kier alpha value is -1.97. The number of hydrogen-bond acceptors (Lipinski definition) is 3. The van der Waals surface area contributed by atoms with Crippen molar-refractivity contribution in [1.29, 1.82) is 0 Å². The molecule has 1 heterocycles. The van der Waals surface area contributed by atoms with Gasteiger partial charge in [0.15, 0.2) is 6.29 Å². The van der Waals surface area contributed by atoms with Crippen LogP contribution >= 0.6 is 11.6 Å². The summed E-state index contributed by atoms with van der Waals surface area (Å²) in [5, 5.41) is 0.256. The first-order chi connectivity index (χ1) is 13.0. The smallest absolute Gasteiger partial charge is 0.416 e. The van der Waals surface area contributed by atoms with Crippen molar-refractivity contribution in [3.63, 3.8) is 0 Å². The molecule has 0 N–H and O–H groups in total. The van der Waals surface area contributed by atoms with Crippen molar-refractivity contribution >= 4 is 11.6 Å². The molecule has 0 radical (unpaired) electrons. The van der Waals surface area contributed by atoms with Gasteiger partial charge in [0.2, 0.25) is 0 Å². The second-order valence-electron chi connectivity index (χ2n) is 6.00. The van der Waals surface area contributed by atoms with E-state index < -0.39 is 36.4 Å². The van der Waals surface area contributed by atoms with Crippen LogP contribution in [0.25, 0.3) is 0 Å². The van der Waals surface area contributed by atoms with Gasteiger partial charge in [-0.15, -0.1) is 0 Å². The van der Waals surface area contributed by atoms with E-state index in [0.717, 1.165) is 0 Å². The summed E-state index contributed by atoms with van der Waals surface area (Å²) < 4.78 is 93.6. The van der Waals surface area contributed by atoms with Gasteiger partial charge in [-0.3, -0.25) is 0 Å². The van der Waals surface area contributed by atoms with Gasteiger partial charge in [-0.25, -0.2) is 0 Å². The molecule has 0 amide bonds. The van der Waals surface area contributed by atoms with E-state index in [9.17, 15) is 26.3 Å². The molecule has 152 valence electrons. The van der Waals surface area contributed by atoms with Crippen molar-refractivity contribution in [1.82, 2.24) is 0 Å². The van der Waals surface area contributed by atoms with E-state index in [4.69, 9.17) is 25.8 Å². The van der Waals surface area contributed by atoms with E-state index in [2.05, 4.69) is 0 Å². The van der Waals surface area contributed by atoms with E-state index >= 15 is 0 Å². The maximum Gasteiger partial charge on any atom is 0.416 e. The summed E-state index contributed by atoms with van der Waals surface area (Å²) in [6.07, 6.45) is -10.5. The number of ether oxygens (including phenoxy) is 3. The summed E-state index contributed by atoms with van der Waals surface area (Å²) in [6, 6.07) is 5.75. The van der Waals surface area contributed by atoms with Gasteiger partial charge in [0.05, 0.1) is 24.3 Å². The van der Waals surface area contributed by atoms with Crippen LogP contribution in [0.5, 0.6) is 5.75 Å². The van der Waals surface area contributed by atoms with Crippen molar-refractivity contribution in [3.05, 3.63) is 63.7 Å². The first kappa shape index (κ1) is 20.8. The van der Waals surface area contributed by atoms with Gasteiger partial charge in [0.25, 0.3) is 0 Å². The molecular weight excluding hydrogens is 414 g/mol. The highest BCUT2D eigenvalue weighted by Gasteiger charge is 2.36. The van der Waals surface area contributed by atoms with Crippen LogP contribution in [0.4, 0.5) is 26.3 Å². The molecule has 0 unspecified atom stereocenters. The van der Waals surface area contributed by atoms with Crippen molar-refractivity contribution < 1.29 is 40.6 Å². The standard InChI is InChI=1S/C18H13ClF6O3/c19-14-5-11(16-26-1-2-27-16)6-15(8-14)28-9-10-3-12(17(20,21)22)7-13(4-10)18(23,24)25/h3-8,16H,1-2,9H2. The molecule has 3 rings (SSSR count). The third kappa shape index (κ3) is 5.09. The Morgan fingerprint density at radius 2 is 1.43 bits per heavy atom. The van der Waals surface area contributed by atoms with Crippen LogP contribution in [0.3, 0.4) is 0 Å².